The Hall–Kier alpha value is -1.38. The first-order chi connectivity index (χ1) is 9.27. The molecule has 3 heteroatoms. The minimum atomic E-state index is 0.257. The molecule has 0 unspecified atom stereocenters. The van der Waals surface area contributed by atoms with Crippen LogP contribution in [0.4, 0.5) is 5.69 Å². The second kappa shape index (κ2) is 7.27. The predicted octanol–water partition coefficient (Wildman–Crippen LogP) is 3.86. The molecule has 0 aromatic carbocycles. The van der Waals surface area contributed by atoms with E-state index >= 15 is 0 Å². The van der Waals surface area contributed by atoms with E-state index < -0.39 is 0 Å². The number of hydrogen-bond acceptors (Lipinski definition) is 2. The second-order valence-corrected chi connectivity index (χ2v) is 5.43. The van der Waals surface area contributed by atoms with Crippen LogP contribution >= 0.6 is 0 Å². The molecule has 1 amide bonds. The van der Waals surface area contributed by atoms with Gasteiger partial charge in [0, 0.05) is 18.7 Å². The van der Waals surface area contributed by atoms with Crippen molar-refractivity contribution in [2.75, 3.05) is 11.4 Å². The molecule has 3 nitrogen and oxygen atoms in total. The Morgan fingerprint density at radius 3 is 2.37 bits per heavy atom. The molecule has 1 fully saturated rings. The smallest absolute Gasteiger partial charge is 0.227 e. The Morgan fingerprint density at radius 1 is 1.00 bits per heavy atom. The molecule has 0 atom stereocenters. The normalized spacial score (nSPS) is 19.0. The van der Waals surface area contributed by atoms with Gasteiger partial charge in [0.25, 0.3) is 0 Å². The molecule has 1 saturated heterocycles. The van der Waals surface area contributed by atoms with Crippen molar-refractivity contribution < 1.29 is 4.79 Å². The summed E-state index contributed by atoms with van der Waals surface area (Å²) in [5.41, 5.74) is 1.95. The molecule has 1 aromatic rings. The Kier molecular flexibility index (Phi) is 5.37. The molecule has 19 heavy (non-hydrogen) atoms. The summed E-state index contributed by atoms with van der Waals surface area (Å²) >= 11 is 0. The van der Waals surface area contributed by atoms with Gasteiger partial charge in [0.15, 0.2) is 0 Å². The van der Waals surface area contributed by atoms with Crippen LogP contribution in [0.2, 0.25) is 0 Å². The van der Waals surface area contributed by atoms with Crippen LogP contribution in [-0.2, 0) is 4.79 Å². The zero-order chi connectivity index (χ0) is 13.5. The predicted molar refractivity (Wildman–Crippen MR) is 78.3 cm³/mol. The molecule has 2 rings (SSSR count). The summed E-state index contributed by atoms with van der Waals surface area (Å²) in [5, 5.41) is 0. The minimum absolute atomic E-state index is 0.257. The van der Waals surface area contributed by atoms with Crippen LogP contribution in [0, 0.1) is 6.92 Å². The number of anilines is 1. The standard InChI is InChI=1S/C16H24N2O/c1-14-10-11-15(13-17-14)18-12-8-6-4-2-3-5-7-9-16(18)19/h10-11,13H,2-9,12H2,1H3. The van der Waals surface area contributed by atoms with E-state index in [0.29, 0.717) is 6.42 Å². The highest BCUT2D eigenvalue weighted by Gasteiger charge is 2.15. The summed E-state index contributed by atoms with van der Waals surface area (Å²) in [6, 6.07) is 3.99. The van der Waals surface area contributed by atoms with Gasteiger partial charge in [-0.1, -0.05) is 32.1 Å². The van der Waals surface area contributed by atoms with E-state index in [-0.39, 0.29) is 5.91 Å². The lowest BCUT2D eigenvalue weighted by molar-refractivity contribution is -0.118. The number of hydrogen-bond donors (Lipinski definition) is 0. The van der Waals surface area contributed by atoms with Gasteiger partial charge in [-0.2, -0.15) is 0 Å². The van der Waals surface area contributed by atoms with Crippen molar-refractivity contribution in [3.63, 3.8) is 0 Å². The lowest BCUT2D eigenvalue weighted by Gasteiger charge is -2.22. The fourth-order valence-corrected chi connectivity index (χ4v) is 2.58. The second-order valence-electron chi connectivity index (χ2n) is 5.43. The van der Waals surface area contributed by atoms with Gasteiger partial charge >= 0.3 is 0 Å². The zero-order valence-electron chi connectivity index (χ0n) is 11.9. The van der Waals surface area contributed by atoms with E-state index in [0.717, 1.165) is 30.8 Å². The fraction of sp³-hybridized carbons (Fsp3) is 0.625. The van der Waals surface area contributed by atoms with E-state index in [1.165, 1.54) is 32.1 Å². The molecule has 0 N–H and O–H groups in total. The zero-order valence-corrected chi connectivity index (χ0v) is 11.9. The quantitative estimate of drug-likeness (QED) is 0.768. The van der Waals surface area contributed by atoms with E-state index in [1.54, 1.807) is 0 Å². The van der Waals surface area contributed by atoms with E-state index in [2.05, 4.69) is 4.98 Å². The number of nitrogens with zero attached hydrogens (tertiary/aromatic N) is 2. The maximum Gasteiger partial charge on any atom is 0.227 e. The summed E-state index contributed by atoms with van der Waals surface area (Å²) in [4.78, 5) is 18.6. The molecule has 104 valence electrons. The van der Waals surface area contributed by atoms with Crippen molar-refractivity contribution in [2.24, 2.45) is 0 Å². The molecule has 1 aliphatic rings. The molecule has 2 heterocycles. The van der Waals surface area contributed by atoms with Crippen LogP contribution in [0.15, 0.2) is 18.3 Å². The van der Waals surface area contributed by atoms with E-state index in [4.69, 9.17) is 0 Å². The van der Waals surface area contributed by atoms with Gasteiger partial charge in [0.05, 0.1) is 11.9 Å². The van der Waals surface area contributed by atoms with Gasteiger partial charge in [-0.25, -0.2) is 0 Å². The molecule has 0 spiro atoms. The highest BCUT2D eigenvalue weighted by Crippen LogP contribution is 2.19. The first-order valence-corrected chi connectivity index (χ1v) is 7.50. The van der Waals surface area contributed by atoms with Crippen molar-refractivity contribution >= 4 is 11.6 Å². The first-order valence-electron chi connectivity index (χ1n) is 7.50. The fourth-order valence-electron chi connectivity index (χ4n) is 2.58. The van der Waals surface area contributed by atoms with Gasteiger partial charge < -0.3 is 4.90 Å². The summed E-state index contributed by atoms with van der Waals surface area (Å²) < 4.78 is 0. The highest BCUT2D eigenvalue weighted by molar-refractivity contribution is 5.93. The Balaban J connectivity index is 2.08. The van der Waals surface area contributed by atoms with Gasteiger partial charge in [-0.05, 0) is 31.9 Å². The molecule has 0 saturated carbocycles. The number of carbonyl (C=O) groups excluding carboxylic acids is 1. The van der Waals surface area contributed by atoms with Crippen molar-refractivity contribution in [3.8, 4) is 0 Å². The van der Waals surface area contributed by atoms with Crippen LogP contribution in [0.5, 0.6) is 0 Å². The highest BCUT2D eigenvalue weighted by atomic mass is 16.2. The molecular weight excluding hydrogens is 236 g/mol. The maximum absolute atomic E-state index is 12.3. The van der Waals surface area contributed by atoms with Gasteiger partial charge in [-0.15, -0.1) is 0 Å². The number of amides is 1. The molecule has 0 radical (unpaired) electrons. The van der Waals surface area contributed by atoms with Crippen LogP contribution in [0.25, 0.3) is 0 Å². The first kappa shape index (κ1) is 14.0. The monoisotopic (exact) mass is 260 g/mol. The number of carbonyl (C=O) groups is 1. The third kappa shape index (κ3) is 4.34. The van der Waals surface area contributed by atoms with Crippen LogP contribution < -0.4 is 4.90 Å². The molecule has 0 bridgehead atoms. The SMILES string of the molecule is Cc1ccc(N2CCCCCCCCCC2=O)cn1. The molecular formula is C16H24N2O. The van der Waals surface area contributed by atoms with Gasteiger partial charge in [0.2, 0.25) is 5.91 Å². The van der Waals surface area contributed by atoms with Crippen LogP contribution in [0.3, 0.4) is 0 Å². The molecule has 1 aliphatic heterocycles. The van der Waals surface area contributed by atoms with Crippen molar-refractivity contribution in [2.45, 2.75) is 58.3 Å². The maximum atomic E-state index is 12.3. The Morgan fingerprint density at radius 2 is 1.68 bits per heavy atom. The third-order valence-corrected chi connectivity index (χ3v) is 3.78. The lowest BCUT2D eigenvalue weighted by Crippen LogP contribution is -2.31. The largest absolute Gasteiger partial charge is 0.311 e. The molecule has 1 aromatic heterocycles. The lowest BCUT2D eigenvalue weighted by atomic mass is 10.1. The van der Waals surface area contributed by atoms with Crippen molar-refractivity contribution in [3.05, 3.63) is 24.0 Å². The average molecular weight is 260 g/mol. The Labute approximate surface area is 116 Å². The third-order valence-electron chi connectivity index (χ3n) is 3.78. The minimum Gasteiger partial charge on any atom is -0.311 e. The molecule has 0 aliphatic carbocycles. The Bertz CT molecular complexity index is 400. The van der Waals surface area contributed by atoms with E-state index in [9.17, 15) is 4.79 Å². The summed E-state index contributed by atoms with van der Waals surface area (Å²) in [6.07, 6.45) is 10.9. The van der Waals surface area contributed by atoms with Crippen molar-refractivity contribution in [1.29, 1.82) is 0 Å². The van der Waals surface area contributed by atoms with Crippen LogP contribution in [-0.4, -0.2) is 17.4 Å². The summed E-state index contributed by atoms with van der Waals surface area (Å²) in [6.45, 7) is 2.81. The van der Waals surface area contributed by atoms with E-state index in [1.807, 2.05) is 30.2 Å². The summed E-state index contributed by atoms with van der Waals surface area (Å²) in [5.74, 6) is 0.257. The number of rotatable bonds is 1. The van der Waals surface area contributed by atoms with Crippen molar-refractivity contribution in [1.82, 2.24) is 4.98 Å². The number of aryl methyl sites for hydroxylation is 1. The average Bonchev–Trinajstić information content (AvgIpc) is 2.46. The van der Waals surface area contributed by atoms with Crippen LogP contribution in [0.1, 0.15) is 57.1 Å². The summed E-state index contributed by atoms with van der Waals surface area (Å²) in [7, 11) is 0. The van der Waals surface area contributed by atoms with Gasteiger partial charge in [-0.3, -0.25) is 9.78 Å². The number of pyridine rings is 1. The van der Waals surface area contributed by atoms with Gasteiger partial charge in [0.1, 0.15) is 0 Å². The topological polar surface area (TPSA) is 33.2 Å². The number of aromatic nitrogens is 1.